The van der Waals surface area contributed by atoms with Crippen LogP contribution in [0.25, 0.3) is 0 Å². The van der Waals surface area contributed by atoms with Crippen molar-refractivity contribution in [1.82, 2.24) is 5.32 Å². The molecule has 2 rings (SSSR count). The van der Waals surface area contributed by atoms with Crippen molar-refractivity contribution < 1.29 is 14.3 Å². The summed E-state index contributed by atoms with van der Waals surface area (Å²) < 4.78 is 5.01. The zero-order valence-electron chi connectivity index (χ0n) is 10.3. The number of ether oxygens (including phenoxy) is 1. The number of benzene rings is 1. The first kappa shape index (κ1) is 12.6. The first-order chi connectivity index (χ1) is 8.70. The summed E-state index contributed by atoms with van der Waals surface area (Å²) >= 11 is 0. The fourth-order valence-corrected chi connectivity index (χ4v) is 1.88. The minimum atomic E-state index is -0.215. The highest BCUT2D eigenvalue weighted by Crippen LogP contribution is 2.18. The highest BCUT2D eigenvalue weighted by atomic mass is 16.5. The van der Waals surface area contributed by atoms with Gasteiger partial charge in [-0.05, 0) is 31.0 Å². The fraction of sp³-hybridized carbons (Fsp3) is 0.385. The van der Waals surface area contributed by atoms with Crippen LogP contribution in [-0.2, 0) is 16.0 Å². The first-order valence-corrected chi connectivity index (χ1v) is 5.99. The van der Waals surface area contributed by atoms with Crippen LogP contribution in [-0.4, -0.2) is 31.6 Å². The number of rotatable bonds is 4. The molecule has 1 aromatic carbocycles. The lowest BCUT2D eigenvalue weighted by atomic mass is 10.00. The van der Waals surface area contributed by atoms with Gasteiger partial charge in [-0.1, -0.05) is 6.07 Å². The number of anilines is 1. The topological polar surface area (TPSA) is 67.4 Å². The molecule has 0 radical (unpaired) electrons. The maximum atomic E-state index is 11.6. The third-order valence-electron chi connectivity index (χ3n) is 2.76. The number of fused-ring (bicyclic) bond motifs is 1. The first-order valence-electron chi connectivity index (χ1n) is 5.99. The molecule has 0 aliphatic carbocycles. The molecule has 1 aliphatic heterocycles. The Morgan fingerprint density at radius 2 is 2.33 bits per heavy atom. The third kappa shape index (κ3) is 2.87. The Morgan fingerprint density at radius 1 is 1.50 bits per heavy atom. The van der Waals surface area contributed by atoms with E-state index >= 15 is 0 Å². The summed E-state index contributed by atoms with van der Waals surface area (Å²) in [7, 11) is 0. The van der Waals surface area contributed by atoms with Gasteiger partial charge in [0, 0.05) is 24.4 Å². The molecule has 0 aromatic heterocycles. The normalized spacial score (nSPS) is 13.7. The lowest BCUT2D eigenvalue weighted by Gasteiger charge is -2.17. The van der Waals surface area contributed by atoms with E-state index in [0.717, 1.165) is 12.0 Å². The van der Waals surface area contributed by atoms with E-state index in [1.807, 2.05) is 13.0 Å². The second kappa shape index (κ2) is 5.64. The number of amides is 2. The number of carbonyl (C=O) groups excluding carboxylic acids is 2. The van der Waals surface area contributed by atoms with Crippen molar-refractivity contribution >= 4 is 17.5 Å². The summed E-state index contributed by atoms with van der Waals surface area (Å²) in [5.74, 6) is -0.301. The van der Waals surface area contributed by atoms with Crippen molar-refractivity contribution in [2.45, 2.75) is 13.3 Å². The second-order valence-electron chi connectivity index (χ2n) is 4.06. The molecule has 0 spiro atoms. The minimum Gasteiger partial charge on any atom is -0.372 e. The molecule has 2 N–H and O–H groups in total. The smallest absolute Gasteiger partial charge is 0.251 e. The lowest BCUT2D eigenvalue weighted by Crippen LogP contribution is -2.31. The maximum absolute atomic E-state index is 11.6. The number of carbonyl (C=O) groups is 2. The number of nitrogens with one attached hydrogen (secondary N) is 2. The van der Waals surface area contributed by atoms with Gasteiger partial charge in [-0.3, -0.25) is 9.59 Å². The van der Waals surface area contributed by atoms with E-state index in [-0.39, 0.29) is 18.4 Å². The highest BCUT2D eigenvalue weighted by Gasteiger charge is 2.17. The second-order valence-corrected chi connectivity index (χ2v) is 4.06. The Kier molecular flexibility index (Phi) is 3.94. The zero-order chi connectivity index (χ0) is 13.0. The molecule has 0 bridgehead atoms. The van der Waals surface area contributed by atoms with E-state index < -0.39 is 0 Å². The molecule has 5 heteroatoms. The van der Waals surface area contributed by atoms with Crippen LogP contribution in [0, 0.1) is 0 Å². The van der Waals surface area contributed by atoms with Gasteiger partial charge in [-0.25, -0.2) is 0 Å². The molecule has 0 unspecified atom stereocenters. The standard InChI is InChI=1S/C13H16N2O3/c1-2-18-8-12(16)15-10-4-3-9-5-6-14-13(17)11(9)7-10/h3-4,7H,2,5-6,8H2,1H3,(H,14,17)(H,15,16). The highest BCUT2D eigenvalue weighted by molar-refractivity contribution is 5.99. The van der Waals surface area contributed by atoms with Crippen LogP contribution in [0.4, 0.5) is 5.69 Å². The van der Waals surface area contributed by atoms with Crippen molar-refractivity contribution in [2.75, 3.05) is 25.1 Å². The van der Waals surface area contributed by atoms with E-state index in [0.29, 0.717) is 24.4 Å². The molecule has 0 fully saturated rings. The monoisotopic (exact) mass is 248 g/mol. The Bertz CT molecular complexity index is 471. The molecule has 1 aliphatic rings. The largest absolute Gasteiger partial charge is 0.372 e. The van der Waals surface area contributed by atoms with E-state index in [2.05, 4.69) is 10.6 Å². The van der Waals surface area contributed by atoms with Gasteiger partial charge in [-0.15, -0.1) is 0 Å². The van der Waals surface area contributed by atoms with Crippen LogP contribution in [0.15, 0.2) is 18.2 Å². The SMILES string of the molecule is CCOCC(=O)Nc1ccc2c(c1)C(=O)NCC2. The van der Waals surface area contributed by atoms with Crippen LogP contribution >= 0.6 is 0 Å². The van der Waals surface area contributed by atoms with Crippen LogP contribution in [0.3, 0.4) is 0 Å². The quantitative estimate of drug-likeness (QED) is 0.833. The Hall–Kier alpha value is -1.88. The third-order valence-corrected chi connectivity index (χ3v) is 2.76. The van der Waals surface area contributed by atoms with Gasteiger partial charge in [-0.2, -0.15) is 0 Å². The summed E-state index contributed by atoms with van der Waals surface area (Å²) in [5.41, 5.74) is 2.27. The number of hydrogen-bond donors (Lipinski definition) is 2. The molecule has 96 valence electrons. The maximum Gasteiger partial charge on any atom is 0.251 e. The van der Waals surface area contributed by atoms with E-state index in [1.54, 1.807) is 12.1 Å². The predicted octanol–water partition coefficient (Wildman–Crippen LogP) is 0.947. The van der Waals surface area contributed by atoms with Crippen molar-refractivity contribution in [3.05, 3.63) is 29.3 Å². The molecule has 0 saturated heterocycles. The van der Waals surface area contributed by atoms with Gasteiger partial charge in [0.05, 0.1) is 0 Å². The van der Waals surface area contributed by atoms with Crippen molar-refractivity contribution in [1.29, 1.82) is 0 Å². The molecule has 0 saturated carbocycles. The van der Waals surface area contributed by atoms with Crippen LogP contribution < -0.4 is 10.6 Å². The molecule has 0 atom stereocenters. The van der Waals surface area contributed by atoms with Crippen LogP contribution in [0.5, 0.6) is 0 Å². The molecular formula is C13H16N2O3. The Labute approximate surface area is 106 Å². The van der Waals surface area contributed by atoms with Crippen LogP contribution in [0.2, 0.25) is 0 Å². The van der Waals surface area contributed by atoms with Crippen molar-refractivity contribution in [3.63, 3.8) is 0 Å². The lowest BCUT2D eigenvalue weighted by molar-refractivity contribution is -0.120. The summed E-state index contributed by atoms with van der Waals surface area (Å²) in [6.07, 6.45) is 0.828. The minimum absolute atomic E-state index is 0.0276. The summed E-state index contributed by atoms with van der Waals surface area (Å²) in [4.78, 5) is 23.1. The van der Waals surface area contributed by atoms with Gasteiger partial charge < -0.3 is 15.4 Å². The van der Waals surface area contributed by atoms with E-state index in [1.165, 1.54) is 0 Å². The summed E-state index contributed by atoms with van der Waals surface area (Å²) in [5, 5.41) is 5.48. The van der Waals surface area contributed by atoms with Crippen LogP contribution in [0.1, 0.15) is 22.8 Å². The number of hydrogen-bond acceptors (Lipinski definition) is 3. The molecule has 1 heterocycles. The van der Waals surface area contributed by atoms with Crippen molar-refractivity contribution in [3.8, 4) is 0 Å². The van der Waals surface area contributed by atoms with Gasteiger partial charge in [0.15, 0.2) is 0 Å². The van der Waals surface area contributed by atoms with E-state index in [4.69, 9.17) is 4.74 Å². The molecule has 2 amide bonds. The van der Waals surface area contributed by atoms with E-state index in [9.17, 15) is 9.59 Å². The molecule has 1 aromatic rings. The van der Waals surface area contributed by atoms with Crippen molar-refractivity contribution in [2.24, 2.45) is 0 Å². The van der Waals surface area contributed by atoms with Gasteiger partial charge in [0.25, 0.3) is 5.91 Å². The van der Waals surface area contributed by atoms with Gasteiger partial charge >= 0.3 is 0 Å². The molecule has 5 nitrogen and oxygen atoms in total. The molecular weight excluding hydrogens is 232 g/mol. The Balaban J connectivity index is 2.08. The van der Waals surface area contributed by atoms with Gasteiger partial charge in [0.1, 0.15) is 6.61 Å². The summed E-state index contributed by atoms with van der Waals surface area (Å²) in [6.45, 7) is 3.03. The summed E-state index contributed by atoms with van der Waals surface area (Å²) in [6, 6.07) is 5.39. The average Bonchev–Trinajstić information content (AvgIpc) is 2.37. The fourth-order valence-electron chi connectivity index (χ4n) is 1.88. The molecule has 18 heavy (non-hydrogen) atoms. The zero-order valence-corrected chi connectivity index (χ0v) is 10.3. The van der Waals surface area contributed by atoms with Gasteiger partial charge in [0.2, 0.25) is 5.91 Å². The predicted molar refractivity (Wildman–Crippen MR) is 67.6 cm³/mol. The average molecular weight is 248 g/mol. The Morgan fingerprint density at radius 3 is 3.11 bits per heavy atom.